The molecule has 0 N–H and O–H groups in total. The highest BCUT2D eigenvalue weighted by Crippen LogP contribution is 2.17. The summed E-state index contributed by atoms with van der Waals surface area (Å²) in [7, 11) is 5.42. The smallest absolute Gasteiger partial charge is 0.306 e. The predicted octanol–water partition coefficient (Wildman–Crippen LogP) is 15.4. The van der Waals surface area contributed by atoms with Crippen molar-refractivity contribution in [3.05, 3.63) is 48.6 Å². The van der Waals surface area contributed by atoms with Crippen LogP contribution in [-0.4, -0.2) is 75.5 Å². The second-order valence-corrected chi connectivity index (χ2v) is 20.2. The van der Waals surface area contributed by atoms with Gasteiger partial charge in [-0.1, -0.05) is 236 Å². The highest BCUT2D eigenvalue weighted by molar-refractivity contribution is 5.70. The van der Waals surface area contributed by atoms with Crippen LogP contribution in [0.1, 0.15) is 258 Å². The first-order valence-electron chi connectivity index (χ1n) is 28.2. The Morgan fingerprint density at radius 1 is 0.463 bits per heavy atom. The molecule has 0 aliphatic carbocycles. The fourth-order valence-electron chi connectivity index (χ4n) is 8.42. The molecule has 0 aromatic heterocycles. The molecule has 2 atom stereocenters. The maximum absolute atomic E-state index is 12.8. The van der Waals surface area contributed by atoms with Crippen LogP contribution in [0.5, 0.6) is 0 Å². The number of ether oxygens (including phenoxy) is 3. The molecule has 390 valence electrons. The van der Waals surface area contributed by atoms with Crippen LogP contribution in [0.15, 0.2) is 48.6 Å². The topological polar surface area (TPSA) is 102 Å². The molecule has 0 amide bonds. The second kappa shape index (κ2) is 49.7. The highest BCUT2D eigenvalue weighted by Gasteiger charge is 2.25. The summed E-state index contributed by atoms with van der Waals surface area (Å²) in [5, 5.41) is 11.7. The summed E-state index contributed by atoms with van der Waals surface area (Å²) in [6.07, 6.45) is 61.6. The van der Waals surface area contributed by atoms with Crippen molar-refractivity contribution >= 4 is 17.9 Å². The van der Waals surface area contributed by atoms with E-state index in [0.29, 0.717) is 12.8 Å². The normalized spacial score (nSPS) is 13.1. The van der Waals surface area contributed by atoms with Crippen LogP contribution >= 0.6 is 0 Å². The number of carboxylic acid groups (broad SMARTS) is 1. The molecule has 67 heavy (non-hydrogen) atoms. The molecule has 0 spiro atoms. The summed E-state index contributed by atoms with van der Waals surface area (Å²) in [4.78, 5) is 37.1. The van der Waals surface area contributed by atoms with Gasteiger partial charge in [-0.2, -0.15) is 0 Å². The minimum atomic E-state index is -1.13. The van der Waals surface area contributed by atoms with Gasteiger partial charge in [0.25, 0.3) is 0 Å². The number of carbonyl (C=O) groups is 3. The number of aliphatic carboxylic acids is 1. The van der Waals surface area contributed by atoms with Crippen molar-refractivity contribution in [3.8, 4) is 0 Å². The summed E-state index contributed by atoms with van der Waals surface area (Å²) in [6, 6.07) is -0.730. The maximum atomic E-state index is 12.8. The van der Waals surface area contributed by atoms with Gasteiger partial charge in [-0.05, 0) is 51.4 Å². The maximum Gasteiger partial charge on any atom is 0.306 e. The van der Waals surface area contributed by atoms with Gasteiger partial charge in [0.15, 0.2) is 6.10 Å². The number of carboxylic acids is 1. The van der Waals surface area contributed by atoms with Crippen molar-refractivity contribution in [2.24, 2.45) is 0 Å². The first-order chi connectivity index (χ1) is 32.6. The minimum absolute atomic E-state index is 0.0364. The number of nitrogens with zero attached hydrogens (tertiary/aromatic N) is 1. The van der Waals surface area contributed by atoms with Crippen molar-refractivity contribution in [1.29, 1.82) is 0 Å². The van der Waals surface area contributed by atoms with Gasteiger partial charge in [0.2, 0.25) is 0 Å². The number of quaternary nitrogens is 1. The lowest BCUT2D eigenvalue weighted by molar-refractivity contribution is -0.889. The summed E-state index contributed by atoms with van der Waals surface area (Å²) >= 11 is 0. The predicted molar refractivity (Wildman–Crippen MR) is 282 cm³/mol. The highest BCUT2D eigenvalue weighted by atomic mass is 16.6. The van der Waals surface area contributed by atoms with E-state index in [9.17, 15) is 19.5 Å². The molecule has 0 heterocycles. The Morgan fingerprint density at radius 2 is 0.836 bits per heavy atom. The lowest BCUT2D eigenvalue weighted by Gasteiger charge is -2.34. The lowest BCUT2D eigenvalue weighted by Crippen LogP contribution is -2.55. The molecule has 0 rings (SSSR count). The van der Waals surface area contributed by atoms with Crippen molar-refractivity contribution in [2.45, 2.75) is 270 Å². The van der Waals surface area contributed by atoms with Gasteiger partial charge in [-0.15, -0.1) is 0 Å². The fourth-order valence-corrected chi connectivity index (χ4v) is 8.42. The third-order valence-electron chi connectivity index (χ3n) is 12.7. The molecular weight excluding hydrogens is 835 g/mol. The van der Waals surface area contributed by atoms with Crippen LogP contribution in [0.2, 0.25) is 0 Å². The Labute approximate surface area is 414 Å². The average Bonchev–Trinajstić information content (AvgIpc) is 3.29. The largest absolute Gasteiger partial charge is 0.544 e. The molecule has 0 aliphatic heterocycles. The van der Waals surface area contributed by atoms with E-state index in [1.165, 1.54) is 148 Å². The van der Waals surface area contributed by atoms with Crippen LogP contribution in [0.4, 0.5) is 0 Å². The van der Waals surface area contributed by atoms with Gasteiger partial charge in [0, 0.05) is 19.3 Å². The van der Waals surface area contributed by atoms with Gasteiger partial charge in [-0.25, -0.2) is 0 Å². The first-order valence-corrected chi connectivity index (χ1v) is 28.2. The number of hydrogen-bond acceptors (Lipinski definition) is 7. The second-order valence-electron chi connectivity index (χ2n) is 20.2. The molecule has 2 unspecified atom stereocenters. The van der Waals surface area contributed by atoms with E-state index in [1.54, 1.807) is 21.1 Å². The molecule has 0 saturated carbocycles. The molecule has 0 bridgehead atoms. The third-order valence-corrected chi connectivity index (χ3v) is 12.7. The standard InChI is InChI=1S/C59H107NO7/c1-6-8-10-12-14-16-18-20-22-24-26-27-28-29-30-32-33-35-37-39-41-43-45-47-49-57(61)66-54-55(53-65-52-51-56(59(63)64)60(3,4)5)67-58(62)50-48-46-44-42-40-38-36-34-31-25-23-21-19-17-15-13-11-9-7-2/h9,11,15,17,21,23,31,34,55-56H,6-8,10,12-14,16,18-20,22,24-30,32-33,35-54H2,1-5H3/b11-9-,17-15-,23-21-,34-31-. The van der Waals surface area contributed by atoms with Crippen molar-refractivity contribution in [3.63, 3.8) is 0 Å². The Morgan fingerprint density at radius 3 is 1.24 bits per heavy atom. The summed E-state index contributed by atoms with van der Waals surface area (Å²) in [6.45, 7) is 4.58. The minimum Gasteiger partial charge on any atom is -0.544 e. The average molecular weight is 943 g/mol. The van der Waals surface area contributed by atoms with Crippen LogP contribution in [0.3, 0.4) is 0 Å². The van der Waals surface area contributed by atoms with Gasteiger partial charge in [0.05, 0.1) is 40.3 Å². The van der Waals surface area contributed by atoms with Gasteiger partial charge in [-0.3, -0.25) is 9.59 Å². The van der Waals surface area contributed by atoms with Crippen LogP contribution in [0.25, 0.3) is 0 Å². The van der Waals surface area contributed by atoms with Crippen LogP contribution in [-0.2, 0) is 28.6 Å². The monoisotopic (exact) mass is 942 g/mol. The number of allylic oxidation sites excluding steroid dienone is 8. The molecular formula is C59H107NO7. The molecule has 0 radical (unpaired) electrons. The van der Waals surface area contributed by atoms with Crippen molar-refractivity contribution < 1.29 is 38.2 Å². The SMILES string of the molecule is CC/C=C\C/C=C\C/C=C\C/C=C\CCCCCCCCC(=O)OC(COCCC(C(=O)[O-])[N+](C)(C)C)COC(=O)CCCCCCCCCCCCCCCCCCCCCCCCCC. The Hall–Kier alpha value is -2.71. The number of likely N-dealkylation sites (N-methyl/N-ethyl adjacent to an activating group) is 1. The third kappa shape index (κ3) is 48.1. The van der Waals surface area contributed by atoms with E-state index in [1.807, 2.05) is 0 Å². The molecule has 0 aromatic rings. The van der Waals surface area contributed by atoms with Crippen molar-refractivity contribution in [1.82, 2.24) is 0 Å². The first kappa shape index (κ1) is 64.3. The zero-order valence-corrected chi connectivity index (χ0v) is 44.6. The summed E-state index contributed by atoms with van der Waals surface area (Å²) in [5.41, 5.74) is 0. The number of esters is 2. The Bertz CT molecular complexity index is 1230. The number of unbranched alkanes of at least 4 members (excludes halogenated alkanes) is 29. The lowest BCUT2D eigenvalue weighted by atomic mass is 10.0. The molecule has 8 nitrogen and oxygen atoms in total. The number of rotatable bonds is 51. The van der Waals surface area contributed by atoms with Crippen molar-refractivity contribution in [2.75, 3.05) is 41.0 Å². The fraction of sp³-hybridized carbons (Fsp3) is 0.814. The van der Waals surface area contributed by atoms with E-state index in [4.69, 9.17) is 14.2 Å². The Balaban J connectivity index is 4.16. The van der Waals surface area contributed by atoms with Gasteiger partial charge in [0.1, 0.15) is 12.6 Å². The molecule has 0 aromatic carbocycles. The summed E-state index contributed by atoms with van der Waals surface area (Å²) in [5.74, 6) is -1.74. The molecule has 0 aliphatic rings. The Kier molecular flexibility index (Phi) is 47.7. The van der Waals surface area contributed by atoms with E-state index in [-0.39, 0.29) is 42.7 Å². The van der Waals surface area contributed by atoms with E-state index < -0.39 is 18.1 Å². The van der Waals surface area contributed by atoms with Crippen LogP contribution in [0, 0.1) is 0 Å². The molecule has 0 saturated heterocycles. The molecule has 8 heteroatoms. The van der Waals surface area contributed by atoms with Crippen LogP contribution < -0.4 is 5.11 Å². The molecule has 0 fully saturated rings. The summed E-state index contributed by atoms with van der Waals surface area (Å²) < 4.78 is 17.3. The number of hydrogen-bond donors (Lipinski definition) is 0. The van der Waals surface area contributed by atoms with E-state index in [2.05, 4.69) is 62.5 Å². The zero-order valence-electron chi connectivity index (χ0n) is 44.6. The van der Waals surface area contributed by atoms with E-state index >= 15 is 0 Å². The van der Waals surface area contributed by atoms with Gasteiger partial charge < -0.3 is 28.6 Å². The van der Waals surface area contributed by atoms with Gasteiger partial charge >= 0.3 is 11.9 Å². The van der Waals surface area contributed by atoms with E-state index in [0.717, 1.165) is 77.0 Å². The number of carbonyl (C=O) groups excluding carboxylic acids is 3. The zero-order chi connectivity index (χ0) is 49.2. The quantitative estimate of drug-likeness (QED) is 0.0259.